The quantitative estimate of drug-likeness (QED) is 0.422. The number of benzene rings is 2. The summed E-state index contributed by atoms with van der Waals surface area (Å²) in [5.74, 6) is 0.254. The second-order valence-corrected chi connectivity index (χ2v) is 9.17. The van der Waals surface area contributed by atoms with E-state index in [-0.39, 0.29) is 11.3 Å². The van der Waals surface area contributed by atoms with Gasteiger partial charge in [0.05, 0.1) is 6.21 Å². The van der Waals surface area contributed by atoms with Gasteiger partial charge in [-0.1, -0.05) is 18.5 Å². The third kappa shape index (κ3) is 3.70. The molecule has 2 heterocycles. The average molecular weight is 424 g/mol. The zero-order valence-electron chi connectivity index (χ0n) is 17.9. The van der Waals surface area contributed by atoms with E-state index in [0.717, 1.165) is 22.9 Å². The van der Waals surface area contributed by atoms with E-state index in [2.05, 4.69) is 62.3 Å². The molecule has 0 spiro atoms. The van der Waals surface area contributed by atoms with Crippen LogP contribution in [0.4, 0.5) is 5.69 Å². The standard InChI is InChI=1S/C24H26ClN3O2/c1-14-8-20-19(15(2)12-24(3,4)28(20)5)10-17(14)13-26-27-23(29)22-11-16-9-18(25)6-7-21(16)30-22/h6-11,13,15H,12H2,1-5H3,(H,27,29)/b26-13+. The van der Waals surface area contributed by atoms with Crippen LogP contribution in [0.2, 0.25) is 5.02 Å². The van der Waals surface area contributed by atoms with Crippen LogP contribution in [0, 0.1) is 6.92 Å². The van der Waals surface area contributed by atoms with Crippen molar-refractivity contribution in [1.29, 1.82) is 0 Å². The summed E-state index contributed by atoms with van der Waals surface area (Å²) in [5.41, 5.74) is 7.97. The number of hydrogen-bond acceptors (Lipinski definition) is 4. The van der Waals surface area contributed by atoms with Crippen molar-refractivity contribution in [3.8, 4) is 0 Å². The molecular weight excluding hydrogens is 398 g/mol. The van der Waals surface area contributed by atoms with E-state index in [4.69, 9.17) is 16.0 Å². The first kappa shape index (κ1) is 20.5. The van der Waals surface area contributed by atoms with Crippen molar-refractivity contribution < 1.29 is 9.21 Å². The molecule has 0 saturated heterocycles. The van der Waals surface area contributed by atoms with Gasteiger partial charge in [-0.15, -0.1) is 0 Å². The van der Waals surface area contributed by atoms with Crippen LogP contribution >= 0.6 is 11.6 Å². The maximum atomic E-state index is 12.4. The van der Waals surface area contributed by atoms with Crippen LogP contribution in [-0.4, -0.2) is 24.7 Å². The fourth-order valence-corrected chi connectivity index (χ4v) is 4.40. The van der Waals surface area contributed by atoms with Crippen LogP contribution in [0.15, 0.2) is 45.9 Å². The molecular formula is C24H26ClN3O2. The molecule has 2 aromatic carbocycles. The zero-order chi connectivity index (χ0) is 21.6. The molecule has 0 saturated carbocycles. The van der Waals surface area contributed by atoms with Gasteiger partial charge in [-0.3, -0.25) is 4.79 Å². The molecule has 0 aliphatic carbocycles. The van der Waals surface area contributed by atoms with E-state index < -0.39 is 5.91 Å². The van der Waals surface area contributed by atoms with Crippen LogP contribution in [0.1, 0.15) is 60.4 Å². The molecule has 1 aliphatic rings. The van der Waals surface area contributed by atoms with Gasteiger partial charge in [0.15, 0.2) is 5.76 Å². The summed E-state index contributed by atoms with van der Waals surface area (Å²) in [7, 11) is 2.15. The minimum Gasteiger partial charge on any atom is -0.451 e. The Morgan fingerprint density at radius 3 is 2.83 bits per heavy atom. The number of anilines is 1. The highest BCUT2D eigenvalue weighted by atomic mass is 35.5. The molecule has 4 rings (SSSR count). The SMILES string of the molecule is Cc1cc2c(cc1/C=N/NC(=O)c1cc3cc(Cl)ccc3o1)C(C)CC(C)(C)N2C. The molecule has 0 bridgehead atoms. The Bertz CT molecular complexity index is 1160. The lowest BCUT2D eigenvalue weighted by atomic mass is 9.79. The highest BCUT2D eigenvalue weighted by Crippen LogP contribution is 2.43. The molecule has 5 nitrogen and oxygen atoms in total. The van der Waals surface area contributed by atoms with E-state index in [0.29, 0.717) is 16.5 Å². The number of halogens is 1. The fourth-order valence-electron chi connectivity index (χ4n) is 4.22. The molecule has 0 radical (unpaired) electrons. The number of amides is 1. The Kier molecular flexibility index (Phi) is 5.10. The zero-order valence-corrected chi connectivity index (χ0v) is 18.7. The van der Waals surface area contributed by atoms with Crippen molar-refractivity contribution in [2.24, 2.45) is 5.10 Å². The van der Waals surface area contributed by atoms with Gasteiger partial charge in [0.25, 0.3) is 0 Å². The average Bonchev–Trinajstić information content (AvgIpc) is 3.10. The van der Waals surface area contributed by atoms with Crippen molar-refractivity contribution in [1.82, 2.24) is 5.43 Å². The largest absolute Gasteiger partial charge is 0.451 e. The van der Waals surface area contributed by atoms with Gasteiger partial charge in [-0.05, 0) is 86.2 Å². The smallest absolute Gasteiger partial charge is 0.307 e. The molecule has 1 N–H and O–H groups in total. The van der Waals surface area contributed by atoms with Gasteiger partial charge in [0, 0.05) is 28.7 Å². The van der Waals surface area contributed by atoms with E-state index in [1.54, 1.807) is 30.5 Å². The summed E-state index contributed by atoms with van der Waals surface area (Å²) in [6, 6.07) is 11.3. The number of fused-ring (bicyclic) bond motifs is 2. The number of carbonyl (C=O) groups excluding carboxylic acids is 1. The van der Waals surface area contributed by atoms with E-state index in [1.165, 1.54) is 11.3 Å². The molecule has 156 valence electrons. The summed E-state index contributed by atoms with van der Waals surface area (Å²) in [5, 5.41) is 5.54. The molecule has 30 heavy (non-hydrogen) atoms. The minimum atomic E-state index is -0.399. The topological polar surface area (TPSA) is 57.8 Å². The summed E-state index contributed by atoms with van der Waals surface area (Å²) >= 11 is 5.99. The number of hydrogen-bond donors (Lipinski definition) is 1. The number of carbonyl (C=O) groups is 1. The van der Waals surface area contributed by atoms with Gasteiger partial charge in [-0.25, -0.2) is 5.43 Å². The maximum absolute atomic E-state index is 12.4. The Labute approximate surface area is 181 Å². The van der Waals surface area contributed by atoms with Crippen LogP contribution in [0.5, 0.6) is 0 Å². The number of rotatable bonds is 3. The predicted octanol–water partition coefficient (Wildman–Crippen LogP) is 5.88. The Balaban J connectivity index is 1.54. The van der Waals surface area contributed by atoms with Gasteiger partial charge < -0.3 is 9.32 Å². The monoisotopic (exact) mass is 423 g/mol. The first-order valence-electron chi connectivity index (χ1n) is 10.1. The molecule has 1 atom stereocenters. The number of nitrogens with zero attached hydrogens (tertiary/aromatic N) is 2. The number of aryl methyl sites for hydroxylation is 1. The highest BCUT2D eigenvalue weighted by molar-refractivity contribution is 6.31. The lowest BCUT2D eigenvalue weighted by Gasteiger charge is -2.45. The summed E-state index contributed by atoms with van der Waals surface area (Å²) in [6.07, 6.45) is 2.78. The van der Waals surface area contributed by atoms with Crippen LogP contribution < -0.4 is 10.3 Å². The predicted molar refractivity (Wildman–Crippen MR) is 123 cm³/mol. The van der Waals surface area contributed by atoms with Crippen molar-refractivity contribution in [2.75, 3.05) is 11.9 Å². The lowest BCUT2D eigenvalue weighted by molar-refractivity contribution is 0.0929. The molecule has 1 amide bonds. The van der Waals surface area contributed by atoms with E-state index in [1.807, 2.05) is 0 Å². The van der Waals surface area contributed by atoms with Gasteiger partial charge in [-0.2, -0.15) is 5.10 Å². The molecule has 1 aromatic heterocycles. The molecule has 1 unspecified atom stereocenters. The van der Waals surface area contributed by atoms with Gasteiger partial charge in [0.2, 0.25) is 0 Å². The lowest BCUT2D eigenvalue weighted by Crippen LogP contribution is -2.45. The Morgan fingerprint density at radius 1 is 1.30 bits per heavy atom. The summed E-state index contributed by atoms with van der Waals surface area (Å²) in [4.78, 5) is 14.8. The maximum Gasteiger partial charge on any atom is 0.307 e. The molecule has 3 aromatic rings. The van der Waals surface area contributed by atoms with Crippen molar-refractivity contribution in [2.45, 2.75) is 45.6 Å². The number of furan rings is 1. The normalized spacial score (nSPS) is 18.1. The molecule has 0 fully saturated rings. The van der Waals surface area contributed by atoms with Crippen LogP contribution in [-0.2, 0) is 0 Å². The van der Waals surface area contributed by atoms with Crippen LogP contribution in [0.3, 0.4) is 0 Å². The van der Waals surface area contributed by atoms with Crippen molar-refractivity contribution in [3.63, 3.8) is 0 Å². The molecule has 6 heteroatoms. The first-order chi connectivity index (χ1) is 14.2. The summed E-state index contributed by atoms with van der Waals surface area (Å²) in [6.45, 7) is 8.88. The van der Waals surface area contributed by atoms with E-state index >= 15 is 0 Å². The number of hydrazone groups is 1. The first-order valence-corrected chi connectivity index (χ1v) is 10.4. The second kappa shape index (κ2) is 7.47. The Morgan fingerprint density at radius 2 is 2.07 bits per heavy atom. The van der Waals surface area contributed by atoms with Gasteiger partial charge in [0.1, 0.15) is 5.58 Å². The van der Waals surface area contributed by atoms with Crippen LogP contribution in [0.25, 0.3) is 11.0 Å². The van der Waals surface area contributed by atoms with Crippen molar-refractivity contribution >= 4 is 40.4 Å². The van der Waals surface area contributed by atoms with Crippen molar-refractivity contribution in [3.05, 3.63) is 63.9 Å². The second-order valence-electron chi connectivity index (χ2n) is 8.74. The minimum absolute atomic E-state index is 0.124. The number of nitrogens with one attached hydrogen (secondary N) is 1. The highest BCUT2D eigenvalue weighted by Gasteiger charge is 2.34. The van der Waals surface area contributed by atoms with Gasteiger partial charge >= 0.3 is 5.91 Å². The summed E-state index contributed by atoms with van der Waals surface area (Å²) < 4.78 is 5.58. The third-order valence-corrected chi connectivity index (χ3v) is 6.33. The van der Waals surface area contributed by atoms with E-state index in [9.17, 15) is 4.79 Å². The fraction of sp³-hybridized carbons (Fsp3) is 0.333. The Hall–Kier alpha value is -2.79. The third-order valence-electron chi connectivity index (χ3n) is 6.09. The molecule has 1 aliphatic heterocycles.